The molecular weight excluding hydrogens is 148 g/mol. The molecule has 0 saturated carbocycles. The Kier molecular flexibility index (Phi) is 1.27. The Bertz CT molecular complexity index is 260. The van der Waals surface area contributed by atoms with Crippen LogP contribution in [0.1, 0.15) is 5.69 Å². The molecule has 2 nitrogen and oxygen atoms in total. The molecule has 0 unspecified atom stereocenters. The SMILES string of the molecule is Clc1ccnc2c1NCC2. The average molecular weight is 155 g/mol. The molecule has 0 aliphatic carbocycles. The van der Waals surface area contributed by atoms with Crippen LogP contribution in [0.5, 0.6) is 0 Å². The van der Waals surface area contributed by atoms with Crippen molar-refractivity contribution < 1.29 is 0 Å². The van der Waals surface area contributed by atoms with E-state index >= 15 is 0 Å². The summed E-state index contributed by atoms with van der Waals surface area (Å²) in [6.07, 6.45) is 2.74. The number of halogens is 1. The van der Waals surface area contributed by atoms with Gasteiger partial charge in [0.05, 0.1) is 16.4 Å². The zero-order chi connectivity index (χ0) is 6.97. The molecule has 1 aliphatic heterocycles. The van der Waals surface area contributed by atoms with E-state index in [0.29, 0.717) is 0 Å². The smallest absolute Gasteiger partial charge is 0.0749 e. The maximum absolute atomic E-state index is 5.87. The van der Waals surface area contributed by atoms with Gasteiger partial charge in [-0.25, -0.2) is 0 Å². The van der Waals surface area contributed by atoms with Gasteiger partial charge in [-0.3, -0.25) is 4.98 Å². The maximum atomic E-state index is 5.87. The molecule has 0 spiro atoms. The van der Waals surface area contributed by atoms with Crippen LogP contribution in [0.2, 0.25) is 5.02 Å². The number of anilines is 1. The van der Waals surface area contributed by atoms with Gasteiger partial charge in [-0.2, -0.15) is 0 Å². The first-order chi connectivity index (χ1) is 4.88. The van der Waals surface area contributed by atoms with Gasteiger partial charge in [0.1, 0.15) is 0 Å². The van der Waals surface area contributed by atoms with Crippen molar-refractivity contribution in [3.63, 3.8) is 0 Å². The molecule has 0 fully saturated rings. The highest BCUT2D eigenvalue weighted by atomic mass is 35.5. The van der Waals surface area contributed by atoms with E-state index in [1.807, 2.05) is 0 Å². The van der Waals surface area contributed by atoms with Crippen molar-refractivity contribution in [3.05, 3.63) is 23.0 Å². The Hall–Kier alpha value is -0.760. The Morgan fingerprint density at radius 1 is 1.60 bits per heavy atom. The molecule has 3 heteroatoms. The van der Waals surface area contributed by atoms with Crippen LogP contribution in [0.4, 0.5) is 5.69 Å². The van der Waals surface area contributed by atoms with Crippen LogP contribution < -0.4 is 5.32 Å². The number of hydrogen-bond donors (Lipinski definition) is 1. The monoisotopic (exact) mass is 154 g/mol. The zero-order valence-electron chi connectivity index (χ0n) is 5.39. The number of aromatic nitrogens is 1. The first-order valence-electron chi connectivity index (χ1n) is 3.25. The van der Waals surface area contributed by atoms with Gasteiger partial charge >= 0.3 is 0 Å². The summed E-state index contributed by atoms with van der Waals surface area (Å²) in [5.41, 5.74) is 2.11. The molecule has 0 radical (unpaired) electrons. The highest BCUT2D eigenvalue weighted by Gasteiger charge is 2.12. The highest BCUT2D eigenvalue weighted by molar-refractivity contribution is 6.33. The second-order valence-corrected chi connectivity index (χ2v) is 2.70. The van der Waals surface area contributed by atoms with Crippen molar-refractivity contribution >= 4 is 17.3 Å². The largest absolute Gasteiger partial charge is 0.382 e. The normalized spacial score (nSPS) is 14.5. The third kappa shape index (κ3) is 0.762. The molecule has 0 bridgehead atoms. The third-order valence-corrected chi connectivity index (χ3v) is 1.96. The molecule has 0 saturated heterocycles. The van der Waals surface area contributed by atoms with Crippen molar-refractivity contribution in [2.24, 2.45) is 0 Å². The summed E-state index contributed by atoms with van der Waals surface area (Å²) in [4.78, 5) is 4.17. The summed E-state index contributed by atoms with van der Waals surface area (Å²) in [6, 6.07) is 1.80. The van der Waals surface area contributed by atoms with Crippen LogP contribution in [0.3, 0.4) is 0 Å². The quantitative estimate of drug-likeness (QED) is 0.616. The zero-order valence-corrected chi connectivity index (χ0v) is 6.15. The van der Waals surface area contributed by atoms with E-state index in [-0.39, 0.29) is 0 Å². The Labute approximate surface area is 64.2 Å². The minimum Gasteiger partial charge on any atom is -0.382 e. The van der Waals surface area contributed by atoms with Crippen LogP contribution in [0, 0.1) is 0 Å². The summed E-state index contributed by atoms with van der Waals surface area (Å²) >= 11 is 5.87. The lowest BCUT2D eigenvalue weighted by Crippen LogP contribution is -1.91. The van der Waals surface area contributed by atoms with Gasteiger partial charge in [-0.1, -0.05) is 11.6 Å². The minimum atomic E-state index is 0.780. The van der Waals surface area contributed by atoms with Gasteiger partial charge in [0.25, 0.3) is 0 Å². The van der Waals surface area contributed by atoms with E-state index in [0.717, 1.165) is 29.4 Å². The first kappa shape index (κ1) is 5.98. The lowest BCUT2D eigenvalue weighted by Gasteiger charge is -1.98. The summed E-state index contributed by atoms with van der Waals surface area (Å²) in [7, 11) is 0. The fourth-order valence-electron chi connectivity index (χ4n) is 1.16. The van der Waals surface area contributed by atoms with Gasteiger partial charge in [0.15, 0.2) is 0 Å². The predicted molar refractivity (Wildman–Crippen MR) is 41.4 cm³/mol. The van der Waals surface area contributed by atoms with E-state index in [4.69, 9.17) is 11.6 Å². The lowest BCUT2D eigenvalue weighted by molar-refractivity contribution is 1.04. The summed E-state index contributed by atoms with van der Waals surface area (Å²) in [5.74, 6) is 0. The van der Waals surface area contributed by atoms with Crippen molar-refractivity contribution in [3.8, 4) is 0 Å². The number of rotatable bonds is 0. The Balaban J connectivity index is 2.59. The molecule has 0 aromatic carbocycles. The van der Waals surface area contributed by atoms with Crippen molar-refractivity contribution in [2.75, 3.05) is 11.9 Å². The van der Waals surface area contributed by atoms with Crippen molar-refractivity contribution in [1.29, 1.82) is 0 Å². The summed E-state index contributed by atoms with van der Waals surface area (Å²) < 4.78 is 0. The van der Waals surface area contributed by atoms with E-state index in [1.165, 1.54) is 0 Å². The van der Waals surface area contributed by atoms with E-state index in [9.17, 15) is 0 Å². The van der Waals surface area contributed by atoms with Gasteiger partial charge < -0.3 is 5.32 Å². The van der Waals surface area contributed by atoms with Crippen LogP contribution in [0.15, 0.2) is 12.3 Å². The molecular formula is C7H7ClN2. The average Bonchev–Trinajstić information content (AvgIpc) is 2.36. The predicted octanol–water partition coefficient (Wildman–Crippen LogP) is 1.70. The standard InChI is InChI=1S/C7H7ClN2/c8-5-1-3-9-6-2-4-10-7(5)6/h1,3,10H,2,4H2. The van der Waals surface area contributed by atoms with E-state index < -0.39 is 0 Å². The molecule has 1 N–H and O–H groups in total. The molecule has 52 valence electrons. The number of nitrogens with zero attached hydrogens (tertiary/aromatic N) is 1. The second kappa shape index (κ2) is 2.13. The molecule has 1 aromatic rings. The Morgan fingerprint density at radius 3 is 3.30 bits per heavy atom. The van der Waals surface area contributed by atoms with E-state index in [2.05, 4.69) is 10.3 Å². The topological polar surface area (TPSA) is 24.9 Å². The van der Waals surface area contributed by atoms with Gasteiger partial charge in [0, 0.05) is 19.2 Å². The van der Waals surface area contributed by atoms with Crippen LogP contribution in [-0.2, 0) is 6.42 Å². The van der Waals surface area contributed by atoms with Gasteiger partial charge in [-0.15, -0.1) is 0 Å². The minimum absolute atomic E-state index is 0.780. The molecule has 1 aliphatic rings. The molecule has 1 aromatic heterocycles. The fraction of sp³-hybridized carbons (Fsp3) is 0.286. The van der Waals surface area contributed by atoms with Crippen molar-refractivity contribution in [2.45, 2.75) is 6.42 Å². The third-order valence-electron chi connectivity index (χ3n) is 1.64. The molecule has 10 heavy (non-hydrogen) atoms. The maximum Gasteiger partial charge on any atom is 0.0749 e. The molecule has 2 heterocycles. The molecule has 2 rings (SSSR count). The Morgan fingerprint density at radius 2 is 2.50 bits per heavy atom. The number of pyridine rings is 1. The lowest BCUT2D eigenvalue weighted by atomic mass is 10.3. The fourth-order valence-corrected chi connectivity index (χ4v) is 1.39. The number of hydrogen-bond acceptors (Lipinski definition) is 2. The summed E-state index contributed by atoms with van der Waals surface area (Å²) in [5, 5.41) is 3.95. The van der Waals surface area contributed by atoms with Gasteiger partial charge in [0.2, 0.25) is 0 Å². The number of fused-ring (bicyclic) bond motifs is 1. The first-order valence-corrected chi connectivity index (χ1v) is 3.63. The molecule has 0 amide bonds. The van der Waals surface area contributed by atoms with Crippen LogP contribution >= 0.6 is 11.6 Å². The second-order valence-electron chi connectivity index (χ2n) is 2.29. The van der Waals surface area contributed by atoms with E-state index in [1.54, 1.807) is 12.3 Å². The molecule has 0 atom stereocenters. The highest BCUT2D eigenvalue weighted by Crippen LogP contribution is 2.27. The van der Waals surface area contributed by atoms with Crippen LogP contribution in [0.25, 0.3) is 0 Å². The van der Waals surface area contributed by atoms with Gasteiger partial charge in [-0.05, 0) is 6.07 Å². The number of nitrogens with one attached hydrogen (secondary N) is 1. The summed E-state index contributed by atoms with van der Waals surface area (Å²) in [6.45, 7) is 0.964. The van der Waals surface area contributed by atoms with Crippen LogP contribution in [-0.4, -0.2) is 11.5 Å². The van der Waals surface area contributed by atoms with Crippen molar-refractivity contribution in [1.82, 2.24) is 4.98 Å².